The molecule has 7 nitrogen and oxygen atoms in total. The van der Waals surface area contributed by atoms with Crippen LogP contribution in [0.25, 0.3) is 0 Å². The number of esters is 1. The highest BCUT2D eigenvalue weighted by molar-refractivity contribution is 6.30. The molecule has 0 saturated heterocycles. The van der Waals surface area contributed by atoms with Crippen molar-refractivity contribution in [3.05, 3.63) is 70.3 Å². The summed E-state index contributed by atoms with van der Waals surface area (Å²) in [7, 11) is 3.12. The van der Waals surface area contributed by atoms with Gasteiger partial charge in [0.25, 0.3) is 0 Å². The first-order valence-electron chi connectivity index (χ1n) is 14.8. The van der Waals surface area contributed by atoms with Crippen LogP contribution in [0.15, 0.2) is 48.6 Å². The van der Waals surface area contributed by atoms with Gasteiger partial charge in [0.2, 0.25) is 5.91 Å². The minimum absolute atomic E-state index is 0.0218. The van der Waals surface area contributed by atoms with Gasteiger partial charge < -0.3 is 24.4 Å². The molecule has 2 heterocycles. The van der Waals surface area contributed by atoms with Crippen molar-refractivity contribution >= 4 is 29.2 Å². The Hall–Kier alpha value is -3.03. The molecule has 2 aliphatic heterocycles. The molecule has 4 atom stereocenters. The maximum absolute atomic E-state index is 13.2. The summed E-state index contributed by atoms with van der Waals surface area (Å²) < 4.78 is 11.6. The summed E-state index contributed by atoms with van der Waals surface area (Å²) >= 11 is 6.33. The fourth-order valence-electron chi connectivity index (χ4n) is 6.31. The monoisotopic (exact) mass is 580 g/mol. The van der Waals surface area contributed by atoms with E-state index in [-0.39, 0.29) is 18.2 Å². The van der Waals surface area contributed by atoms with Gasteiger partial charge in [-0.2, -0.15) is 0 Å². The normalized spacial score (nSPS) is 26.4. The molecule has 2 aromatic carbocycles. The maximum Gasteiger partial charge on any atom is 0.313 e. The number of halogens is 1. The van der Waals surface area contributed by atoms with Crippen molar-refractivity contribution in [1.82, 2.24) is 4.90 Å². The number of nitrogens with zero attached hydrogens (tertiary/aromatic N) is 2. The zero-order valence-electron chi connectivity index (χ0n) is 24.1. The SMILES string of the molecule is COC(=O)[C@H]1CC(=O)N(C)CC/C=C/[C@H](O)[C@@H]2CC[C@H]2CN2CCCCc3cc(Cl)ccc3COc3ccc1cc32. The fourth-order valence-corrected chi connectivity index (χ4v) is 6.50. The van der Waals surface area contributed by atoms with E-state index in [0.29, 0.717) is 25.5 Å². The van der Waals surface area contributed by atoms with E-state index in [1.165, 1.54) is 12.7 Å². The molecule has 3 aliphatic rings. The molecule has 1 N–H and O–H groups in total. The number of ether oxygens (including phenoxy) is 2. The summed E-state index contributed by atoms with van der Waals surface area (Å²) in [5, 5.41) is 11.7. The first-order chi connectivity index (χ1) is 19.8. The van der Waals surface area contributed by atoms with E-state index in [2.05, 4.69) is 4.90 Å². The van der Waals surface area contributed by atoms with Gasteiger partial charge in [0.1, 0.15) is 12.4 Å². The number of benzene rings is 2. The van der Waals surface area contributed by atoms with Crippen molar-refractivity contribution in [3.8, 4) is 5.75 Å². The van der Waals surface area contributed by atoms with Gasteiger partial charge >= 0.3 is 5.97 Å². The smallest absolute Gasteiger partial charge is 0.313 e. The number of aliphatic hydroxyl groups is 1. The Morgan fingerprint density at radius 3 is 2.73 bits per heavy atom. The van der Waals surface area contributed by atoms with Crippen molar-refractivity contribution in [3.63, 3.8) is 0 Å². The van der Waals surface area contributed by atoms with E-state index in [9.17, 15) is 14.7 Å². The number of fused-ring (bicyclic) bond motifs is 3. The summed E-state index contributed by atoms with van der Waals surface area (Å²) in [4.78, 5) is 30.2. The zero-order valence-corrected chi connectivity index (χ0v) is 24.8. The van der Waals surface area contributed by atoms with Crippen molar-refractivity contribution in [2.45, 2.75) is 63.6 Å². The fraction of sp³-hybridized carbons (Fsp3) is 0.515. The van der Waals surface area contributed by atoms with Crippen LogP contribution in [0, 0.1) is 11.8 Å². The molecule has 0 unspecified atom stereocenters. The predicted octanol–water partition coefficient (Wildman–Crippen LogP) is 5.51. The number of anilines is 1. The number of aliphatic hydroxyl groups excluding tert-OH is 1. The molecule has 220 valence electrons. The molecule has 5 rings (SSSR count). The van der Waals surface area contributed by atoms with Crippen molar-refractivity contribution < 1.29 is 24.2 Å². The van der Waals surface area contributed by atoms with Crippen LogP contribution in [0.4, 0.5) is 5.69 Å². The van der Waals surface area contributed by atoms with Crippen LogP contribution in [0.5, 0.6) is 5.75 Å². The Morgan fingerprint density at radius 1 is 1.10 bits per heavy atom. The average Bonchev–Trinajstić information content (AvgIpc) is 2.98. The van der Waals surface area contributed by atoms with Crippen LogP contribution in [0.2, 0.25) is 5.02 Å². The number of hydrogen-bond acceptors (Lipinski definition) is 6. The molecule has 8 heteroatoms. The lowest BCUT2D eigenvalue weighted by Crippen LogP contribution is -2.43. The van der Waals surface area contributed by atoms with Gasteiger partial charge in [-0.1, -0.05) is 35.9 Å². The van der Waals surface area contributed by atoms with Crippen LogP contribution >= 0.6 is 11.6 Å². The zero-order chi connectivity index (χ0) is 28.9. The van der Waals surface area contributed by atoms with Gasteiger partial charge in [0, 0.05) is 38.1 Å². The molecule has 1 amide bonds. The Labute approximate surface area is 248 Å². The van der Waals surface area contributed by atoms with Gasteiger partial charge in [-0.25, -0.2) is 0 Å². The highest BCUT2D eigenvalue weighted by atomic mass is 35.5. The Morgan fingerprint density at radius 2 is 1.95 bits per heavy atom. The summed E-state index contributed by atoms with van der Waals surface area (Å²) in [6.07, 6.45) is 8.98. The van der Waals surface area contributed by atoms with Crippen LogP contribution in [-0.2, 0) is 27.4 Å². The van der Waals surface area contributed by atoms with Gasteiger partial charge in [-0.15, -0.1) is 0 Å². The number of methoxy groups -OCH3 is 1. The van der Waals surface area contributed by atoms with Crippen molar-refractivity contribution in [1.29, 1.82) is 0 Å². The Kier molecular flexibility index (Phi) is 9.56. The second-order valence-corrected chi connectivity index (χ2v) is 12.1. The topological polar surface area (TPSA) is 79.3 Å². The number of amides is 1. The van der Waals surface area contributed by atoms with Crippen molar-refractivity contribution in [2.75, 3.05) is 38.7 Å². The quantitative estimate of drug-likeness (QED) is 0.354. The van der Waals surface area contributed by atoms with Crippen molar-refractivity contribution in [2.24, 2.45) is 11.8 Å². The Bertz CT molecular complexity index is 1280. The molecule has 0 spiro atoms. The predicted molar refractivity (Wildman–Crippen MR) is 160 cm³/mol. The number of carbonyl (C=O) groups excluding carboxylic acids is 2. The molecule has 1 fully saturated rings. The highest BCUT2D eigenvalue weighted by Gasteiger charge is 2.37. The van der Waals surface area contributed by atoms with Crippen LogP contribution in [0.3, 0.4) is 0 Å². The molecule has 0 radical (unpaired) electrons. The largest absolute Gasteiger partial charge is 0.487 e. The molecule has 1 saturated carbocycles. The summed E-state index contributed by atoms with van der Waals surface area (Å²) in [5.74, 6) is 0.00968. The summed E-state index contributed by atoms with van der Waals surface area (Å²) in [5.41, 5.74) is 3.97. The van der Waals surface area contributed by atoms with Gasteiger partial charge in [0.05, 0.1) is 24.8 Å². The first kappa shape index (κ1) is 29.5. The minimum Gasteiger partial charge on any atom is -0.487 e. The van der Waals surface area contributed by atoms with E-state index >= 15 is 0 Å². The lowest BCUT2D eigenvalue weighted by Gasteiger charge is -2.42. The lowest BCUT2D eigenvalue weighted by atomic mass is 9.70. The minimum atomic E-state index is -0.718. The lowest BCUT2D eigenvalue weighted by molar-refractivity contribution is -0.145. The van der Waals surface area contributed by atoms with E-state index in [4.69, 9.17) is 21.1 Å². The van der Waals surface area contributed by atoms with E-state index < -0.39 is 18.0 Å². The van der Waals surface area contributed by atoms with Crippen LogP contribution in [-0.4, -0.2) is 61.8 Å². The van der Waals surface area contributed by atoms with E-state index in [1.54, 1.807) is 11.9 Å². The van der Waals surface area contributed by atoms with Gasteiger partial charge in [-0.3, -0.25) is 9.59 Å². The standard InChI is InChI=1S/C33H41ClN2O5/c1-35-15-5-4-8-30(37)27-13-10-24(27)20-36-16-6-3-7-22-17-26(34)12-9-25(22)21-41-31-14-11-23(18-29(31)36)28(19-32(35)38)33(39)40-2/h4,8-9,11-12,14,17-18,24,27-28,30,37H,3,5-7,10,13,15-16,19-21H2,1-2H3/b8-4+/t24-,27+,28-,30-/m0/s1. The molecule has 2 aromatic rings. The maximum atomic E-state index is 13.2. The number of aryl methyl sites for hydroxylation is 1. The molecular weight excluding hydrogens is 540 g/mol. The molecule has 1 aliphatic carbocycles. The summed E-state index contributed by atoms with van der Waals surface area (Å²) in [6, 6.07) is 11.8. The second kappa shape index (κ2) is 13.3. The highest BCUT2D eigenvalue weighted by Crippen LogP contribution is 2.41. The van der Waals surface area contributed by atoms with Gasteiger partial charge in [0.15, 0.2) is 0 Å². The third-order valence-corrected chi connectivity index (χ3v) is 9.26. The first-order valence-corrected chi connectivity index (χ1v) is 15.2. The Balaban J connectivity index is 1.56. The van der Waals surface area contributed by atoms with E-state index in [1.807, 2.05) is 48.6 Å². The molecule has 0 aromatic heterocycles. The van der Waals surface area contributed by atoms with Crippen LogP contribution < -0.4 is 9.64 Å². The number of rotatable bonds is 1. The third-order valence-electron chi connectivity index (χ3n) is 9.03. The van der Waals surface area contributed by atoms with Crippen LogP contribution in [0.1, 0.15) is 61.1 Å². The molecule has 41 heavy (non-hydrogen) atoms. The number of hydrogen-bond donors (Lipinski definition) is 1. The average molecular weight is 581 g/mol. The second-order valence-electron chi connectivity index (χ2n) is 11.6. The van der Waals surface area contributed by atoms with E-state index in [0.717, 1.165) is 72.8 Å². The molecule has 2 bridgehead atoms. The summed E-state index contributed by atoms with van der Waals surface area (Å²) in [6.45, 7) is 2.53. The van der Waals surface area contributed by atoms with Gasteiger partial charge in [-0.05, 0) is 91.3 Å². The number of carbonyl (C=O) groups is 2. The molecular formula is C33H41ClN2O5. The third kappa shape index (κ3) is 6.90.